The number of hydrogen-bond donors (Lipinski definition) is 0. The van der Waals surface area contributed by atoms with Crippen molar-refractivity contribution in [2.24, 2.45) is 5.92 Å². The molecule has 19 nitrogen and oxygen atoms in total. The summed E-state index contributed by atoms with van der Waals surface area (Å²) in [5, 5.41) is 67.7. The standard InChI is InChI=1S/C21H19F2NO4.C18H17F2NO2.2C18H15F2NO2.C16H10F2N2.C16H11F2NO2/c1-3-27-19(25)18(20(26)28-4-2)21(13-24,14-5-9-16(22)10-6-14)15-7-11-17(23)12-8-15;1-22-10-11-23-13-18(12-21,14-2-6-16(19)7-3-14)15-4-8-17(20)9-5-15;1-2-23-17(22)11-18(12-21,13-3-7-15(19)8-4-13)14-5-9-16(20)10-6-14;1-2-23-17(22)11-18(12-21,13-7-9-14(19)10-8-13)15-5-3-4-6-16(15)20;17-14-5-1-12(2-6-14)16(11-20,9-10-19)13-3-7-15(18)8-4-13;1-21-15(20)16(10-19,11-6-8-12(17)9-7-11)13-4-2-3-5-14(13)18/h5-12,18H,3-4H2,1-2H3;2-9H,10-11,13H2,1H3;2*3-10H,2,11H2,1H3;1-8H,9H2;2-9H,1H3. The van der Waals surface area contributed by atoms with Crippen LogP contribution in [0.15, 0.2) is 291 Å². The van der Waals surface area contributed by atoms with Crippen molar-refractivity contribution >= 4 is 29.8 Å². The van der Waals surface area contributed by atoms with Crippen LogP contribution >= 0.6 is 0 Å². The van der Waals surface area contributed by atoms with E-state index < -0.39 is 126 Å². The summed E-state index contributed by atoms with van der Waals surface area (Å²) in [5.74, 6) is -11.7. The minimum Gasteiger partial charge on any atom is -0.467 e. The van der Waals surface area contributed by atoms with Gasteiger partial charge in [-0.3, -0.25) is 19.2 Å². The number of methoxy groups -OCH3 is 2. The zero-order valence-electron chi connectivity index (χ0n) is 74.9. The molecule has 31 heteroatoms. The molecule has 0 spiro atoms. The Morgan fingerprint density at radius 3 is 0.833 bits per heavy atom. The van der Waals surface area contributed by atoms with Gasteiger partial charge in [-0.05, 0) is 217 Å². The first kappa shape index (κ1) is 109. The average molecular weight is 1890 g/mol. The summed E-state index contributed by atoms with van der Waals surface area (Å²) in [6.45, 7) is 7.50. The second-order valence-corrected chi connectivity index (χ2v) is 29.7. The van der Waals surface area contributed by atoms with E-state index in [2.05, 4.69) is 22.9 Å². The molecule has 0 saturated carbocycles. The van der Waals surface area contributed by atoms with E-state index >= 15 is 0 Å². The number of ether oxygens (including phenoxy) is 7. The van der Waals surface area contributed by atoms with Crippen LogP contribution in [0.4, 0.5) is 52.7 Å². The fourth-order valence-corrected chi connectivity index (χ4v) is 14.6. The van der Waals surface area contributed by atoms with E-state index in [4.69, 9.17) is 33.7 Å². The summed E-state index contributed by atoms with van der Waals surface area (Å²) >= 11 is 0. The van der Waals surface area contributed by atoms with Gasteiger partial charge in [0.15, 0.2) is 5.92 Å². The van der Waals surface area contributed by atoms with E-state index in [9.17, 15) is 108 Å². The molecule has 12 aromatic carbocycles. The Balaban J connectivity index is 0.000000226. The van der Waals surface area contributed by atoms with E-state index in [-0.39, 0.29) is 91.7 Å². The zero-order chi connectivity index (χ0) is 101. The monoisotopic (exact) mass is 1890 g/mol. The van der Waals surface area contributed by atoms with Crippen molar-refractivity contribution in [3.05, 3.63) is 428 Å². The van der Waals surface area contributed by atoms with Crippen LogP contribution in [0.3, 0.4) is 0 Å². The van der Waals surface area contributed by atoms with Crippen molar-refractivity contribution in [1.82, 2.24) is 0 Å². The molecule has 0 aliphatic heterocycles. The quantitative estimate of drug-likeness (QED) is 0.0133. The first-order chi connectivity index (χ1) is 66.2. The minimum absolute atomic E-state index is 0.0247. The Labute approximate surface area is 788 Å². The van der Waals surface area contributed by atoms with Crippen molar-refractivity contribution in [3.63, 3.8) is 0 Å². The van der Waals surface area contributed by atoms with Crippen molar-refractivity contribution < 1.29 is 110 Å². The van der Waals surface area contributed by atoms with Crippen LogP contribution in [-0.4, -0.2) is 90.3 Å². The molecule has 2 atom stereocenters. The molecule has 0 amide bonds. The van der Waals surface area contributed by atoms with Crippen LogP contribution in [0, 0.1) is 155 Å². The van der Waals surface area contributed by atoms with Gasteiger partial charge in [0, 0.05) is 18.2 Å². The van der Waals surface area contributed by atoms with Crippen molar-refractivity contribution in [2.75, 3.05) is 60.5 Å². The summed E-state index contributed by atoms with van der Waals surface area (Å²) in [7, 11) is 2.67. The number of nitriles is 7. The maximum Gasteiger partial charge on any atom is 0.335 e. The van der Waals surface area contributed by atoms with Crippen LogP contribution < -0.4 is 0 Å². The molecule has 0 N–H and O–H groups in total. The summed E-state index contributed by atoms with van der Waals surface area (Å²) in [5.41, 5.74) is -5.36. The number of carbonyl (C=O) groups excluding carboxylic acids is 5. The third-order valence-electron chi connectivity index (χ3n) is 21.4. The predicted molar refractivity (Wildman–Crippen MR) is 479 cm³/mol. The van der Waals surface area contributed by atoms with Crippen molar-refractivity contribution in [2.45, 2.75) is 79.4 Å². The van der Waals surface area contributed by atoms with Gasteiger partial charge in [-0.2, -0.15) is 36.8 Å². The maximum absolute atomic E-state index is 14.3. The molecule has 2 unspecified atom stereocenters. The second-order valence-electron chi connectivity index (χ2n) is 29.7. The number of hydrogen-bond acceptors (Lipinski definition) is 19. The lowest BCUT2D eigenvalue weighted by Gasteiger charge is -2.33. The molecule has 0 aromatic heterocycles. The normalized spacial score (nSPS) is 11.6. The molecule has 706 valence electrons. The molecular weight excluding hydrogens is 1800 g/mol. The molecule has 0 radical (unpaired) electrons. The Morgan fingerprint density at radius 1 is 0.297 bits per heavy atom. The van der Waals surface area contributed by atoms with E-state index in [0.717, 1.165) is 49.6 Å². The fraction of sp³-hybridized carbons (Fsp3) is 0.215. The molecule has 12 aromatic rings. The summed E-state index contributed by atoms with van der Waals surface area (Å²) in [4.78, 5) is 61.6. The molecule has 0 aliphatic carbocycles. The maximum atomic E-state index is 14.3. The van der Waals surface area contributed by atoms with E-state index in [1.54, 1.807) is 65.1 Å². The van der Waals surface area contributed by atoms with Crippen molar-refractivity contribution in [3.8, 4) is 42.5 Å². The van der Waals surface area contributed by atoms with Crippen LogP contribution in [0.5, 0.6) is 0 Å². The van der Waals surface area contributed by atoms with Gasteiger partial charge in [-0.1, -0.05) is 158 Å². The fourth-order valence-electron chi connectivity index (χ4n) is 14.6. The first-order valence-corrected chi connectivity index (χ1v) is 42.0. The Morgan fingerprint density at radius 2 is 0.565 bits per heavy atom. The molecule has 0 heterocycles. The summed E-state index contributed by atoms with van der Waals surface area (Å²) < 4.78 is 196. The number of carbonyl (C=O) groups is 5. The van der Waals surface area contributed by atoms with Gasteiger partial charge >= 0.3 is 29.8 Å². The lowest BCUT2D eigenvalue weighted by Crippen LogP contribution is -2.46. The molecule has 0 bridgehead atoms. The van der Waals surface area contributed by atoms with Gasteiger partial charge < -0.3 is 33.2 Å². The van der Waals surface area contributed by atoms with E-state index in [1.165, 1.54) is 218 Å². The number of benzene rings is 12. The summed E-state index contributed by atoms with van der Waals surface area (Å²) in [6.07, 6.45) is -0.695. The highest BCUT2D eigenvalue weighted by Gasteiger charge is 2.54. The molecular formula is C107H87F12N7O12. The van der Waals surface area contributed by atoms with Gasteiger partial charge in [0.05, 0.1) is 115 Å². The molecule has 138 heavy (non-hydrogen) atoms. The number of rotatable bonds is 30. The number of esters is 5. The van der Waals surface area contributed by atoms with E-state index in [1.807, 2.05) is 24.3 Å². The van der Waals surface area contributed by atoms with Crippen LogP contribution in [0.2, 0.25) is 0 Å². The lowest BCUT2D eigenvalue weighted by atomic mass is 9.66. The van der Waals surface area contributed by atoms with Gasteiger partial charge in [-0.15, -0.1) is 0 Å². The highest BCUT2D eigenvalue weighted by atomic mass is 19.2. The predicted octanol–water partition coefficient (Wildman–Crippen LogP) is 21.0. The largest absolute Gasteiger partial charge is 0.467 e. The van der Waals surface area contributed by atoms with Crippen molar-refractivity contribution in [1.29, 1.82) is 36.8 Å². The third-order valence-corrected chi connectivity index (χ3v) is 21.4. The van der Waals surface area contributed by atoms with Gasteiger partial charge in [0.2, 0.25) is 5.41 Å². The van der Waals surface area contributed by atoms with Gasteiger partial charge in [-0.25, -0.2) is 57.5 Å². The van der Waals surface area contributed by atoms with Crippen LogP contribution in [0.1, 0.15) is 114 Å². The van der Waals surface area contributed by atoms with E-state index in [0.29, 0.717) is 52.2 Å². The highest BCUT2D eigenvalue weighted by molar-refractivity contribution is 5.99. The zero-order valence-corrected chi connectivity index (χ0v) is 74.9. The smallest absolute Gasteiger partial charge is 0.335 e. The minimum atomic E-state index is -1.98. The topological polar surface area (TPSA) is 316 Å². The number of nitrogens with zero attached hydrogens (tertiary/aromatic N) is 7. The molecule has 0 saturated heterocycles. The van der Waals surface area contributed by atoms with Crippen LogP contribution in [0.25, 0.3) is 0 Å². The average Bonchev–Trinajstić information content (AvgIpc) is 0.747. The Bertz CT molecular complexity index is 6190. The Kier molecular flexibility index (Phi) is 41.1. The highest BCUT2D eigenvalue weighted by Crippen LogP contribution is 2.44. The van der Waals surface area contributed by atoms with Crippen LogP contribution in [-0.2, 0) is 89.6 Å². The SMILES string of the molecule is CCOC(=O)C(C(=O)OCC)C(C#N)(c1ccc(F)cc1)c1ccc(F)cc1.CCOC(=O)CC(C#N)(c1ccc(F)cc1)c1ccc(F)cc1.CCOC(=O)CC(C#N)(c1ccc(F)cc1)c1ccccc1F.COC(=O)C(C#N)(c1ccc(F)cc1)c1ccccc1F.COCCOCC(C#N)(c1ccc(F)cc1)c1ccc(F)cc1.N#CCC(C#N)(c1ccc(F)cc1)c1ccc(F)cc1. The van der Waals surface area contributed by atoms with Gasteiger partial charge in [0.25, 0.3) is 0 Å². The molecule has 0 fully saturated rings. The third kappa shape index (κ3) is 26.7. The summed E-state index contributed by atoms with van der Waals surface area (Å²) in [6, 6.07) is 77.8. The lowest BCUT2D eigenvalue weighted by molar-refractivity contribution is -0.163. The number of halogens is 12. The first-order valence-electron chi connectivity index (χ1n) is 42.0. The molecule has 12 rings (SSSR count). The molecule has 0 aliphatic rings. The second kappa shape index (κ2) is 52.2. The van der Waals surface area contributed by atoms with Gasteiger partial charge in [0.1, 0.15) is 96.9 Å². The Hall–Kier alpha value is -16.5.